The first-order chi connectivity index (χ1) is 16.2. The smallest absolute Gasteiger partial charge is 0.0594 e. The average Bonchev–Trinajstić information content (AvgIpc) is 2.82. The number of hydrogen-bond acceptors (Lipinski definition) is 0. The third-order valence-corrected chi connectivity index (χ3v) is 13.0. The van der Waals surface area contributed by atoms with Gasteiger partial charge < -0.3 is 12.4 Å². The molecule has 0 aliphatic heterocycles. The van der Waals surface area contributed by atoms with E-state index in [1.54, 1.807) is 50.3 Å². The van der Waals surface area contributed by atoms with E-state index < -0.39 is 7.26 Å². The zero-order chi connectivity index (χ0) is 24.3. The highest BCUT2D eigenvalue weighted by Gasteiger charge is 2.34. The fraction of sp³-hybridized carbons (Fsp3) is 1.00. The second-order valence-electron chi connectivity index (χ2n) is 11.3. The van der Waals surface area contributed by atoms with E-state index in [4.69, 9.17) is 0 Å². The Balaban J connectivity index is 0. The summed E-state index contributed by atoms with van der Waals surface area (Å²) in [6.45, 7) is 9.39. The Morgan fingerprint density at radius 3 is 0.647 bits per heavy atom. The Bertz CT molecular complexity index is 321. The predicted molar refractivity (Wildman–Crippen MR) is 160 cm³/mol. The van der Waals surface area contributed by atoms with E-state index in [9.17, 15) is 0 Å². The van der Waals surface area contributed by atoms with Crippen LogP contribution in [0.3, 0.4) is 0 Å². The fourth-order valence-corrected chi connectivity index (χ4v) is 10.5. The third-order valence-electron chi connectivity index (χ3n) is 7.94. The van der Waals surface area contributed by atoms with Gasteiger partial charge in [-0.3, -0.25) is 0 Å². The van der Waals surface area contributed by atoms with Gasteiger partial charge in [-0.25, -0.2) is 0 Å². The molecule has 0 bridgehead atoms. The summed E-state index contributed by atoms with van der Waals surface area (Å²) in [5.41, 5.74) is 0. The van der Waals surface area contributed by atoms with Crippen LogP contribution < -0.4 is 12.4 Å². The van der Waals surface area contributed by atoms with Crippen molar-refractivity contribution < 1.29 is 12.4 Å². The van der Waals surface area contributed by atoms with Crippen molar-refractivity contribution >= 4 is 7.26 Å². The summed E-state index contributed by atoms with van der Waals surface area (Å²) in [6, 6.07) is 0. The van der Waals surface area contributed by atoms with Gasteiger partial charge in [0.1, 0.15) is 0 Å². The molecule has 0 amide bonds. The van der Waals surface area contributed by atoms with Crippen LogP contribution in [0.1, 0.15) is 182 Å². The summed E-state index contributed by atoms with van der Waals surface area (Å²) >= 11 is 0. The molecule has 0 unspecified atom stereocenters. The molecule has 0 fully saturated rings. The van der Waals surface area contributed by atoms with Crippen molar-refractivity contribution in [1.82, 2.24) is 0 Å². The molecule has 34 heavy (non-hydrogen) atoms. The van der Waals surface area contributed by atoms with E-state index in [-0.39, 0.29) is 12.4 Å². The van der Waals surface area contributed by atoms with Gasteiger partial charge in [0.2, 0.25) is 0 Å². The molecule has 0 radical (unpaired) electrons. The van der Waals surface area contributed by atoms with Gasteiger partial charge in [0.15, 0.2) is 0 Å². The molecule has 0 heterocycles. The van der Waals surface area contributed by atoms with Crippen molar-refractivity contribution in [2.24, 2.45) is 0 Å². The minimum absolute atomic E-state index is 0. The largest absolute Gasteiger partial charge is 1.00 e. The minimum atomic E-state index is -0.712. The van der Waals surface area contributed by atoms with Crippen molar-refractivity contribution in [3.05, 3.63) is 0 Å². The van der Waals surface area contributed by atoms with Gasteiger partial charge in [0, 0.05) is 7.26 Å². The molecule has 2 heteroatoms. The average molecular weight is 519 g/mol. The molecule has 0 saturated heterocycles. The molecule has 0 N–H and O–H groups in total. The Labute approximate surface area is 225 Å². The molecule has 0 aromatic heterocycles. The Hall–Kier alpha value is 0.720. The molecular weight excluding hydrogens is 451 g/mol. The first kappa shape index (κ1) is 36.9. The van der Waals surface area contributed by atoms with Gasteiger partial charge in [0.25, 0.3) is 0 Å². The van der Waals surface area contributed by atoms with Crippen LogP contribution in [0.15, 0.2) is 0 Å². The van der Waals surface area contributed by atoms with Crippen molar-refractivity contribution in [3.8, 4) is 0 Å². The topological polar surface area (TPSA) is 0 Å². The van der Waals surface area contributed by atoms with E-state index in [0.717, 1.165) is 0 Å². The lowest BCUT2D eigenvalue weighted by atomic mass is 10.1. The van der Waals surface area contributed by atoms with Gasteiger partial charge in [0.05, 0.1) is 24.6 Å². The molecule has 0 atom stereocenters. The summed E-state index contributed by atoms with van der Waals surface area (Å²) in [5.74, 6) is 0. The summed E-state index contributed by atoms with van der Waals surface area (Å²) in [4.78, 5) is 0. The van der Waals surface area contributed by atoms with Crippen molar-refractivity contribution in [3.63, 3.8) is 0 Å². The van der Waals surface area contributed by atoms with Crippen LogP contribution in [-0.4, -0.2) is 24.6 Å². The number of halogens is 1. The van der Waals surface area contributed by atoms with Crippen molar-refractivity contribution in [2.45, 2.75) is 182 Å². The summed E-state index contributed by atoms with van der Waals surface area (Å²) in [7, 11) is -0.712. The second kappa shape index (κ2) is 29.9. The van der Waals surface area contributed by atoms with E-state index in [0.29, 0.717) is 0 Å². The van der Waals surface area contributed by atoms with Gasteiger partial charge in [-0.15, -0.1) is 0 Å². The summed E-state index contributed by atoms with van der Waals surface area (Å²) in [6.07, 6.45) is 42.1. The zero-order valence-corrected chi connectivity index (χ0v) is 26.3. The highest BCUT2D eigenvalue weighted by atomic mass is 35.5. The molecule has 208 valence electrons. The highest BCUT2D eigenvalue weighted by molar-refractivity contribution is 7.75. The van der Waals surface area contributed by atoms with E-state index in [1.165, 1.54) is 128 Å². The normalized spacial score (nSPS) is 11.6. The Morgan fingerprint density at radius 1 is 0.265 bits per heavy atom. The highest BCUT2D eigenvalue weighted by Crippen LogP contribution is 2.61. The molecule has 0 aromatic carbocycles. The Kier molecular flexibility index (Phi) is 32.5. The van der Waals surface area contributed by atoms with Crippen LogP contribution >= 0.6 is 7.26 Å². The fourth-order valence-electron chi connectivity index (χ4n) is 5.58. The first-order valence-corrected chi connectivity index (χ1v) is 18.6. The van der Waals surface area contributed by atoms with E-state index in [2.05, 4.69) is 27.7 Å². The minimum Gasteiger partial charge on any atom is -1.00 e. The van der Waals surface area contributed by atoms with Gasteiger partial charge >= 0.3 is 0 Å². The molecule has 0 aliphatic carbocycles. The summed E-state index contributed by atoms with van der Waals surface area (Å²) in [5, 5.41) is 0. The van der Waals surface area contributed by atoms with Crippen LogP contribution in [0.25, 0.3) is 0 Å². The number of unbranched alkanes of at least 4 members (excludes halogenated alkanes) is 20. The van der Waals surface area contributed by atoms with Crippen LogP contribution in [-0.2, 0) is 0 Å². The summed E-state index contributed by atoms with van der Waals surface area (Å²) < 4.78 is 0. The number of rotatable bonds is 28. The first-order valence-electron chi connectivity index (χ1n) is 16.1. The van der Waals surface area contributed by atoms with E-state index in [1.807, 2.05) is 0 Å². The molecule has 0 aromatic rings. The monoisotopic (exact) mass is 518 g/mol. The molecule has 0 saturated carbocycles. The molecular formula is C32H68ClP. The second-order valence-corrected chi connectivity index (χ2v) is 15.8. The lowest BCUT2D eigenvalue weighted by Gasteiger charge is -2.28. The predicted octanol–water partition coefficient (Wildman–Crippen LogP) is 9.45. The maximum absolute atomic E-state index is 2.35. The molecule has 0 rings (SSSR count). The maximum Gasteiger partial charge on any atom is 0.0594 e. The number of hydrogen-bond donors (Lipinski definition) is 0. The standard InChI is InChI=1S/C32H68P.ClH/c1-5-9-13-17-18-19-20-24-28-32-33(29-25-21-14-10-6-2,30-26-22-15-11-7-3)31-27-23-16-12-8-4;/h5-32H2,1-4H3;1H/q+1;/p-1. The van der Waals surface area contributed by atoms with Crippen molar-refractivity contribution in [2.75, 3.05) is 24.6 Å². The lowest BCUT2D eigenvalue weighted by Crippen LogP contribution is -3.00. The van der Waals surface area contributed by atoms with E-state index >= 15 is 0 Å². The zero-order valence-electron chi connectivity index (χ0n) is 24.6. The quantitative estimate of drug-likeness (QED) is 0.0714. The van der Waals surface area contributed by atoms with Gasteiger partial charge in [-0.2, -0.15) is 0 Å². The molecule has 0 nitrogen and oxygen atoms in total. The molecule has 0 aliphatic rings. The molecule has 0 spiro atoms. The van der Waals surface area contributed by atoms with Crippen LogP contribution in [0.4, 0.5) is 0 Å². The maximum atomic E-state index is 2.35. The van der Waals surface area contributed by atoms with Crippen LogP contribution in [0.2, 0.25) is 0 Å². The van der Waals surface area contributed by atoms with Crippen LogP contribution in [0, 0.1) is 0 Å². The van der Waals surface area contributed by atoms with Crippen LogP contribution in [0.5, 0.6) is 0 Å². The van der Waals surface area contributed by atoms with Crippen molar-refractivity contribution in [1.29, 1.82) is 0 Å². The van der Waals surface area contributed by atoms with Gasteiger partial charge in [-0.05, 0) is 51.4 Å². The SMILES string of the molecule is CCCCCCCCCCC[P+](CCCCCCC)(CCCCCCC)CCCCCCC.[Cl-]. The lowest BCUT2D eigenvalue weighted by molar-refractivity contribution is -0.00000755. The Morgan fingerprint density at radius 2 is 0.441 bits per heavy atom. The van der Waals surface area contributed by atoms with Gasteiger partial charge in [-0.1, -0.05) is 130 Å². The third kappa shape index (κ3) is 24.4.